The second-order valence-electron chi connectivity index (χ2n) is 16.2. The number of cyclic esters (lactones) is 2. The zero-order valence-corrected chi connectivity index (χ0v) is 28.1. The summed E-state index contributed by atoms with van der Waals surface area (Å²) in [7, 11) is 0. The molecule has 0 radical (unpaired) electrons. The van der Waals surface area contributed by atoms with E-state index < -0.39 is 89.0 Å². The highest BCUT2D eigenvalue weighted by molar-refractivity contribution is 6.00. The largest absolute Gasteiger partial charge is 0.509 e. The van der Waals surface area contributed by atoms with Crippen molar-refractivity contribution in [1.29, 1.82) is 0 Å². The number of hydrogen-bond donors (Lipinski definition) is 1. The molecule has 0 amide bonds. The number of rotatable bonds is 9. The third-order valence-electron chi connectivity index (χ3n) is 12.3. The summed E-state index contributed by atoms with van der Waals surface area (Å²) < 4.78 is 63.7. The van der Waals surface area contributed by atoms with Gasteiger partial charge in [0.05, 0.1) is 23.2 Å². The zero-order valence-electron chi connectivity index (χ0n) is 28.1. The van der Waals surface area contributed by atoms with Gasteiger partial charge in [-0.3, -0.25) is 19.2 Å². The Kier molecular flexibility index (Phi) is 9.00. The van der Waals surface area contributed by atoms with E-state index in [-0.39, 0.29) is 41.9 Å². The molecule has 47 heavy (non-hydrogen) atoms. The number of carbonyl (C=O) groups excluding carboxylic acids is 4. The van der Waals surface area contributed by atoms with Gasteiger partial charge >= 0.3 is 36.2 Å². The number of ether oxygens (including phenoxy) is 4. The van der Waals surface area contributed by atoms with Crippen molar-refractivity contribution in [2.24, 2.45) is 64.6 Å². The summed E-state index contributed by atoms with van der Waals surface area (Å²) in [5, 5.41) is 9.67. The predicted molar refractivity (Wildman–Crippen MR) is 157 cm³/mol. The molecule has 264 valence electrons. The fourth-order valence-corrected chi connectivity index (χ4v) is 9.84. The third kappa shape index (κ3) is 6.24. The van der Waals surface area contributed by atoms with E-state index in [4.69, 9.17) is 18.9 Å². The zero-order chi connectivity index (χ0) is 35.0. The summed E-state index contributed by atoms with van der Waals surface area (Å²) >= 11 is 0. The van der Waals surface area contributed by atoms with Gasteiger partial charge in [0, 0.05) is 0 Å². The Morgan fingerprint density at radius 1 is 0.894 bits per heavy atom. The minimum Gasteiger partial charge on any atom is -0.481 e. The van der Waals surface area contributed by atoms with Gasteiger partial charge in [0.15, 0.2) is 0 Å². The van der Waals surface area contributed by atoms with Crippen LogP contribution in [0, 0.1) is 64.6 Å². The Morgan fingerprint density at radius 2 is 1.55 bits per heavy atom. The van der Waals surface area contributed by atoms with Gasteiger partial charge in [-0.15, -0.1) is 0 Å². The number of aliphatic carboxylic acids is 1. The van der Waals surface area contributed by atoms with Crippen molar-refractivity contribution in [2.75, 3.05) is 0 Å². The molecule has 1 aliphatic heterocycles. The molecule has 5 aliphatic rings. The molecule has 5 rings (SSSR count). The number of halogens is 3. The Labute approximate surface area is 272 Å². The average Bonchev–Trinajstić information content (AvgIpc) is 3.73. The maximum Gasteiger partial charge on any atom is 0.509 e. The average molecular weight is 673 g/mol. The molecule has 13 heteroatoms. The van der Waals surface area contributed by atoms with E-state index in [1.165, 1.54) is 20.8 Å². The van der Waals surface area contributed by atoms with Gasteiger partial charge < -0.3 is 24.1 Å². The Hall–Kier alpha value is -2.86. The second-order valence-corrected chi connectivity index (χ2v) is 16.2. The van der Waals surface area contributed by atoms with Crippen LogP contribution in [0.2, 0.25) is 0 Å². The van der Waals surface area contributed by atoms with Gasteiger partial charge in [-0.1, -0.05) is 13.8 Å². The van der Waals surface area contributed by atoms with Gasteiger partial charge in [0.1, 0.15) is 11.7 Å². The number of carboxylic acid groups (broad SMARTS) is 1. The van der Waals surface area contributed by atoms with E-state index >= 15 is 0 Å². The molecule has 1 saturated heterocycles. The summed E-state index contributed by atoms with van der Waals surface area (Å²) in [5.41, 5.74) is -5.19. The van der Waals surface area contributed by atoms with Crippen LogP contribution in [0.3, 0.4) is 0 Å². The highest BCUT2D eigenvalue weighted by Gasteiger charge is 2.66. The topological polar surface area (TPSA) is 142 Å². The maximum absolute atomic E-state index is 14.2. The monoisotopic (exact) mass is 672 g/mol. The standard InChI is InChI=1S/C34H47F3O10/c1-8-32(6,25-24(27(40)45-28(25)41)23-15(2)20-11-18(23)12-21(20)26(38)39)29(42)44-22-13-16-9-17(22)10-19(16)14-33(7,34(35,36)37)47-30(43)46-31(3,4)5/h15-25H,8-14H2,1-7H3,(H,38,39). The number of esters is 3. The van der Waals surface area contributed by atoms with Crippen LogP contribution >= 0.6 is 0 Å². The Balaban J connectivity index is 1.26. The van der Waals surface area contributed by atoms with Crippen molar-refractivity contribution in [3.05, 3.63) is 0 Å². The molecule has 5 fully saturated rings. The smallest absolute Gasteiger partial charge is 0.481 e. The molecule has 1 heterocycles. The Bertz CT molecular complexity index is 1310. The van der Waals surface area contributed by atoms with E-state index in [9.17, 15) is 42.3 Å². The summed E-state index contributed by atoms with van der Waals surface area (Å²) in [4.78, 5) is 64.4. The van der Waals surface area contributed by atoms with Crippen molar-refractivity contribution >= 4 is 30.0 Å². The van der Waals surface area contributed by atoms with Gasteiger partial charge in [0.25, 0.3) is 0 Å². The minimum absolute atomic E-state index is 0.0802. The van der Waals surface area contributed by atoms with Crippen LogP contribution in [0.5, 0.6) is 0 Å². The molecule has 4 aliphatic carbocycles. The first-order valence-electron chi connectivity index (χ1n) is 16.8. The van der Waals surface area contributed by atoms with E-state index in [1.54, 1.807) is 13.8 Å². The Morgan fingerprint density at radius 3 is 2.06 bits per heavy atom. The molecule has 4 saturated carbocycles. The highest BCUT2D eigenvalue weighted by Crippen LogP contribution is 2.61. The first-order valence-corrected chi connectivity index (χ1v) is 16.8. The van der Waals surface area contributed by atoms with Crippen LogP contribution in [0.25, 0.3) is 0 Å². The lowest BCUT2D eigenvalue weighted by molar-refractivity contribution is -0.265. The first kappa shape index (κ1) is 35.4. The molecule has 0 spiro atoms. The van der Waals surface area contributed by atoms with Gasteiger partial charge in [0.2, 0.25) is 5.60 Å². The van der Waals surface area contributed by atoms with Crippen LogP contribution in [0.4, 0.5) is 18.0 Å². The highest BCUT2D eigenvalue weighted by atomic mass is 19.4. The summed E-state index contributed by atoms with van der Waals surface area (Å²) in [6.07, 6.45) is -4.80. The van der Waals surface area contributed by atoms with Crippen LogP contribution in [-0.2, 0) is 38.1 Å². The summed E-state index contributed by atoms with van der Waals surface area (Å²) in [6, 6.07) is 0. The number of hydrogen-bond acceptors (Lipinski definition) is 9. The molecule has 0 aromatic rings. The fraction of sp³-hybridized carbons (Fsp3) is 0.853. The summed E-state index contributed by atoms with van der Waals surface area (Å²) in [5.74, 6) is -6.95. The maximum atomic E-state index is 14.2. The van der Waals surface area contributed by atoms with Gasteiger partial charge in [-0.25, -0.2) is 4.79 Å². The molecule has 13 atom stereocenters. The van der Waals surface area contributed by atoms with E-state index in [0.717, 1.165) is 6.92 Å². The van der Waals surface area contributed by atoms with Crippen molar-refractivity contribution in [2.45, 2.75) is 117 Å². The first-order chi connectivity index (χ1) is 21.6. The molecule has 13 unspecified atom stereocenters. The molecule has 1 N–H and O–H groups in total. The molecule has 4 bridgehead atoms. The lowest BCUT2D eigenvalue weighted by Gasteiger charge is -2.40. The minimum atomic E-state index is -4.84. The number of carbonyl (C=O) groups is 5. The molecule has 0 aromatic heterocycles. The molecular weight excluding hydrogens is 625 g/mol. The predicted octanol–water partition coefficient (Wildman–Crippen LogP) is 6.33. The van der Waals surface area contributed by atoms with Crippen molar-refractivity contribution in [3.63, 3.8) is 0 Å². The molecule has 10 nitrogen and oxygen atoms in total. The number of carboxylic acids is 1. The molecular formula is C34H47F3O10. The number of alkyl halides is 3. The van der Waals surface area contributed by atoms with Crippen molar-refractivity contribution in [1.82, 2.24) is 0 Å². The SMILES string of the molecule is CCC(C)(C(=O)OC1CC2CC1CC2CC(C)(OC(=O)OC(C)(C)C)C(F)(F)F)C1C(=O)OC(=O)C1C1C2CC(C(=O)O)C(C2)C1C. The van der Waals surface area contributed by atoms with Crippen molar-refractivity contribution in [3.8, 4) is 0 Å². The van der Waals surface area contributed by atoms with Gasteiger partial charge in [-0.2, -0.15) is 13.2 Å². The summed E-state index contributed by atoms with van der Waals surface area (Å²) in [6.45, 7) is 10.7. The quantitative estimate of drug-likeness (QED) is 0.168. The third-order valence-corrected chi connectivity index (χ3v) is 12.3. The van der Waals surface area contributed by atoms with E-state index in [0.29, 0.717) is 32.1 Å². The fourth-order valence-electron chi connectivity index (χ4n) is 9.84. The lowest BCUT2D eigenvalue weighted by atomic mass is 9.61. The van der Waals surface area contributed by atoms with Crippen molar-refractivity contribution < 1.29 is 61.2 Å². The van der Waals surface area contributed by atoms with Crippen LogP contribution in [0.15, 0.2) is 0 Å². The van der Waals surface area contributed by atoms with Crippen LogP contribution < -0.4 is 0 Å². The lowest BCUT2D eigenvalue weighted by Crippen LogP contribution is -2.49. The molecule has 0 aromatic carbocycles. The van der Waals surface area contributed by atoms with Gasteiger partial charge in [-0.05, 0) is 121 Å². The number of fused-ring (bicyclic) bond motifs is 4. The second kappa shape index (κ2) is 11.9. The normalized spacial score (nSPS) is 38.9. The van der Waals surface area contributed by atoms with E-state index in [2.05, 4.69) is 0 Å². The van der Waals surface area contributed by atoms with Crippen LogP contribution in [-0.4, -0.2) is 58.6 Å². The van der Waals surface area contributed by atoms with Crippen LogP contribution in [0.1, 0.15) is 93.4 Å². The van der Waals surface area contributed by atoms with E-state index in [1.807, 2.05) is 6.92 Å².